The summed E-state index contributed by atoms with van der Waals surface area (Å²) in [6.07, 6.45) is 5.74. The molecule has 0 N–H and O–H groups in total. The van der Waals surface area contributed by atoms with Crippen molar-refractivity contribution in [2.75, 3.05) is 19.6 Å². The zero-order chi connectivity index (χ0) is 101. The third kappa shape index (κ3) is 16.2. The van der Waals surface area contributed by atoms with E-state index in [4.69, 9.17) is 0 Å². The van der Waals surface area contributed by atoms with Gasteiger partial charge in [-0.2, -0.15) is 0 Å². The summed E-state index contributed by atoms with van der Waals surface area (Å²) in [5.41, 5.74) is 41.2. The monoisotopic (exact) mass is 1900 g/mol. The van der Waals surface area contributed by atoms with E-state index >= 15 is 8.78 Å². The van der Waals surface area contributed by atoms with Crippen LogP contribution in [0.2, 0.25) is 0 Å². The van der Waals surface area contributed by atoms with E-state index in [0.29, 0.717) is 0 Å². The molecule has 3 aliphatic carbocycles. The van der Waals surface area contributed by atoms with Crippen LogP contribution >= 0.6 is 0 Å². The van der Waals surface area contributed by atoms with Gasteiger partial charge in [-0.25, -0.2) is 8.78 Å². The second-order valence-corrected chi connectivity index (χ2v) is 42.4. The highest BCUT2D eigenvalue weighted by atomic mass is 19.1. The maximum atomic E-state index is 15.3. The fourth-order valence-electron chi connectivity index (χ4n) is 23.4. The molecule has 712 valence electrons. The summed E-state index contributed by atoms with van der Waals surface area (Å²) in [6.45, 7) is 33.0. The van der Waals surface area contributed by atoms with Crippen LogP contribution in [-0.4, -0.2) is 0 Å². The van der Waals surface area contributed by atoms with Crippen molar-refractivity contribution in [1.82, 2.24) is 0 Å². The third-order valence-corrected chi connectivity index (χ3v) is 30.9. The van der Waals surface area contributed by atoms with Crippen LogP contribution in [0, 0.1) is 11.6 Å². The summed E-state index contributed by atoms with van der Waals surface area (Å²) in [6, 6.07) is 171. The number of halogens is 2. The molecule has 0 fully saturated rings. The summed E-state index contributed by atoms with van der Waals surface area (Å²) >= 11 is 0. The Kier molecular flexibility index (Phi) is 23.6. The first-order chi connectivity index (χ1) is 71.4. The molecule has 0 heterocycles. The molecular formula is C141H114F2N4. The van der Waals surface area contributed by atoms with Crippen LogP contribution in [0.3, 0.4) is 0 Å². The highest BCUT2D eigenvalue weighted by Gasteiger charge is 2.51. The van der Waals surface area contributed by atoms with E-state index in [1.165, 1.54) is 72.3 Å². The molecule has 23 rings (SSSR count). The highest BCUT2D eigenvalue weighted by molar-refractivity contribution is 5.96. The minimum absolute atomic E-state index is 0.0432. The Morgan fingerprint density at radius 1 is 0.184 bits per heavy atom. The van der Waals surface area contributed by atoms with Gasteiger partial charge in [-0.3, -0.25) is 0 Å². The number of hydrogen-bond donors (Lipinski definition) is 0. The molecule has 6 heteroatoms. The quantitative estimate of drug-likeness (QED) is 0.0633. The van der Waals surface area contributed by atoms with Crippen molar-refractivity contribution in [2.45, 2.75) is 94.8 Å². The maximum absolute atomic E-state index is 15.3. The number of anilines is 12. The zero-order valence-electron chi connectivity index (χ0n) is 84.4. The number of rotatable bonds is 23. The average Bonchev–Trinajstić information content (AvgIpc) is 1.55. The molecule has 0 spiro atoms. The first-order valence-corrected chi connectivity index (χ1v) is 50.9. The molecule has 20 aromatic rings. The lowest BCUT2D eigenvalue weighted by atomic mass is 9.67. The van der Waals surface area contributed by atoms with E-state index < -0.39 is 16.2 Å². The minimum atomic E-state index is -0.870. The van der Waals surface area contributed by atoms with Gasteiger partial charge in [0.05, 0.1) is 16.2 Å². The molecule has 0 aliphatic heterocycles. The van der Waals surface area contributed by atoms with Crippen molar-refractivity contribution in [3.05, 3.63) is 605 Å². The molecule has 0 aromatic heterocycles. The predicted octanol–water partition coefficient (Wildman–Crippen LogP) is 38.1. The van der Waals surface area contributed by atoms with Crippen molar-refractivity contribution < 1.29 is 8.78 Å². The first-order valence-electron chi connectivity index (χ1n) is 50.9. The summed E-state index contributed by atoms with van der Waals surface area (Å²) in [4.78, 5) is 9.30. The van der Waals surface area contributed by atoms with Crippen molar-refractivity contribution in [1.29, 1.82) is 0 Å². The Bertz CT molecular complexity index is 7930. The zero-order valence-corrected chi connectivity index (χ0v) is 84.4. The van der Waals surface area contributed by atoms with Gasteiger partial charge in [0.15, 0.2) is 0 Å². The van der Waals surface area contributed by atoms with E-state index in [0.717, 1.165) is 152 Å². The summed E-state index contributed by atoms with van der Waals surface area (Å²) in [5.74, 6) is -0.600. The fraction of sp³-hybridized carbons (Fsp3) is 0.106. The number of para-hydroxylation sites is 2. The molecule has 0 bridgehead atoms. The van der Waals surface area contributed by atoms with Crippen molar-refractivity contribution >= 4 is 86.5 Å². The third-order valence-electron chi connectivity index (χ3n) is 30.9. The molecule has 0 saturated heterocycles. The largest absolute Gasteiger partial charge is 0.310 e. The molecule has 2 unspecified atom stereocenters. The lowest BCUT2D eigenvalue weighted by Crippen LogP contribution is -2.29. The number of nitrogens with zero attached hydrogens (tertiary/aromatic N) is 4. The van der Waals surface area contributed by atoms with Crippen molar-refractivity contribution in [2.24, 2.45) is 0 Å². The average molecular weight is 1900 g/mol. The van der Waals surface area contributed by atoms with E-state index in [2.05, 4.69) is 526 Å². The van der Waals surface area contributed by atoms with Gasteiger partial charge in [0, 0.05) is 68.2 Å². The lowest BCUT2D eigenvalue weighted by Gasteiger charge is -2.36. The molecule has 20 aromatic carbocycles. The van der Waals surface area contributed by atoms with Gasteiger partial charge in [0.1, 0.15) is 11.6 Å². The first kappa shape index (κ1) is 93.3. The molecule has 4 nitrogen and oxygen atoms in total. The second-order valence-electron chi connectivity index (χ2n) is 42.4. The normalized spacial score (nSPS) is 15.2. The maximum Gasteiger partial charge on any atom is 0.123 e. The Morgan fingerprint density at radius 3 is 0.592 bits per heavy atom. The Morgan fingerprint density at radius 2 is 0.367 bits per heavy atom. The van der Waals surface area contributed by atoms with Gasteiger partial charge in [-0.1, -0.05) is 404 Å². The van der Waals surface area contributed by atoms with Crippen LogP contribution in [0.1, 0.15) is 162 Å². The molecule has 3 aliphatic rings. The van der Waals surface area contributed by atoms with Crippen molar-refractivity contribution in [3.8, 4) is 55.6 Å². The van der Waals surface area contributed by atoms with E-state index in [1.54, 1.807) is 24.3 Å². The predicted molar refractivity (Wildman–Crippen MR) is 614 cm³/mol. The number of benzene rings is 20. The van der Waals surface area contributed by atoms with E-state index in [-0.39, 0.29) is 27.9 Å². The topological polar surface area (TPSA) is 13.0 Å². The molecular weight excluding hydrogens is 1790 g/mol. The lowest BCUT2D eigenvalue weighted by molar-refractivity contribution is 0.589. The van der Waals surface area contributed by atoms with Crippen molar-refractivity contribution in [3.63, 3.8) is 0 Å². The van der Waals surface area contributed by atoms with Gasteiger partial charge >= 0.3 is 0 Å². The summed E-state index contributed by atoms with van der Waals surface area (Å²) in [7, 11) is 0. The molecule has 0 saturated carbocycles. The van der Waals surface area contributed by atoms with Gasteiger partial charge in [-0.05, 0) is 342 Å². The standard InChI is InChI=1S/C141H114F2N4/c1-13-94-34-48-104(49-35-94)139(107-60-54-101(55-61-107)136(4,5)6)130-32-24-22-30-124(130)126-86-82-122(90-132(126)139)146(118-78-66-110(142)67-79-118)116-74-44-99(45-75-116)97-40-70-114(71-41-97)144(112-26-18-16-19-27-112)120-84-88-128-129-89-85-121(93-135(129)141(134(128)92-120,106-52-38-96(15-3)39-53-106)109-64-58-103(59-65-109)138(10,11)12)145(113-28-20-17-21-29-113)115-72-42-98(43-73-115)100-46-76-117(77-47-100)147(119-80-68-111(143)69-81-119)123-83-87-127-125-31-23-25-33-131(125)140(133(127)91-123,105-50-36-95(14-2)37-51-105)108-62-56-102(57-63-108)137(7,8)9/h13-93H,1-3H2,4-12H3. The van der Waals surface area contributed by atoms with Gasteiger partial charge < -0.3 is 19.6 Å². The van der Waals surface area contributed by atoms with Crippen LogP contribution in [0.5, 0.6) is 0 Å². The highest BCUT2D eigenvalue weighted by Crippen LogP contribution is 2.63. The summed E-state index contributed by atoms with van der Waals surface area (Å²) < 4.78 is 30.5. The smallest absolute Gasteiger partial charge is 0.123 e. The SMILES string of the molecule is C=Cc1ccc(C2(c3ccc(C(C)(C)C)cc3)c3ccccc3-c3ccc(N(c4ccc(F)cc4)c4ccc(-c5ccc(N(c6ccccc6)c6ccc7c(c6)C(c6ccc(C=C)cc6)(c6ccc(C(C)(C)C)cc6)c6cc(N(c8ccccc8)c8ccc(-c9ccc(N(c%10ccc(F)cc%10)c%10ccc%11c(c%10)C(c%10ccc(C=C)cc%10)(c%10ccc(C(C)(C)C)cc%10)c%10ccccc%10-%11)cc9)cc8)ccc6-7)cc5)cc4)cc32)cc1. The fourth-order valence-corrected chi connectivity index (χ4v) is 23.4. The molecule has 0 radical (unpaired) electrons. The Hall–Kier alpha value is -17.3. The number of fused-ring (bicyclic) bond motifs is 9. The Labute approximate surface area is 863 Å². The van der Waals surface area contributed by atoms with Crippen LogP contribution in [0.4, 0.5) is 77.0 Å². The van der Waals surface area contributed by atoms with Gasteiger partial charge in [0.2, 0.25) is 0 Å². The second kappa shape index (κ2) is 37.1. The molecule has 147 heavy (non-hydrogen) atoms. The minimum Gasteiger partial charge on any atom is -0.310 e. The van der Waals surface area contributed by atoms with Gasteiger partial charge in [-0.15, -0.1) is 0 Å². The molecule has 2 atom stereocenters. The van der Waals surface area contributed by atoms with Gasteiger partial charge in [0.25, 0.3) is 0 Å². The van der Waals surface area contributed by atoms with Crippen LogP contribution < -0.4 is 19.6 Å². The van der Waals surface area contributed by atoms with Crippen LogP contribution in [0.15, 0.2) is 493 Å². The van der Waals surface area contributed by atoms with Crippen LogP contribution in [0.25, 0.3) is 73.9 Å². The van der Waals surface area contributed by atoms with Crippen LogP contribution in [-0.2, 0) is 32.5 Å². The Balaban J connectivity index is 0.598. The summed E-state index contributed by atoms with van der Waals surface area (Å²) in [5, 5.41) is 0. The van der Waals surface area contributed by atoms with E-state index in [9.17, 15) is 0 Å². The van der Waals surface area contributed by atoms with E-state index in [1.807, 2.05) is 42.5 Å². The number of hydrogen-bond acceptors (Lipinski definition) is 4. The molecule has 0 amide bonds.